The molecule has 0 radical (unpaired) electrons. The molecule has 0 spiro atoms. The summed E-state index contributed by atoms with van der Waals surface area (Å²) in [6, 6.07) is 5.95. The van der Waals surface area contributed by atoms with Gasteiger partial charge in [0, 0.05) is 18.1 Å². The number of likely N-dealkylation sites (tertiary alicyclic amines) is 1. The average Bonchev–Trinajstić information content (AvgIpc) is 2.55. The van der Waals surface area contributed by atoms with Crippen molar-refractivity contribution in [2.24, 2.45) is 0 Å². The number of benzene rings is 1. The third-order valence-corrected chi connectivity index (χ3v) is 4.10. The number of hydrogen-bond donors (Lipinski definition) is 0. The van der Waals surface area contributed by atoms with Crippen LogP contribution in [-0.4, -0.2) is 22.2 Å². The molecule has 2 rings (SSSR count). The second-order valence-corrected chi connectivity index (χ2v) is 5.61. The van der Waals surface area contributed by atoms with Crippen molar-refractivity contribution in [3.05, 3.63) is 34.3 Å². The van der Waals surface area contributed by atoms with Gasteiger partial charge in [-0.2, -0.15) is 0 Å². The maximum absolute atomic E-state index is 11.7. The molecule has 1 amide bonds. The highest BCUT2D eigenvalue weighted by atomic mass is 79.9. The lowest BCUT2D eigenvalue weighted by molar-refractivity contribution is -0.127. The Morgan fingerprint density at radius 2 is 2.31 bits per heavy atom. The van der Waals surface area contributed by atoms with Gasteiger partial charge in [0.25, 0.3) is 0 Å². The third kappa shape index (κ3) is 2.41. The Morgan fingerprint density at radius 1 is 1.56 bits per heavy atom. The van der Waals surface area contributed by atoms with E-state index in [-0.39, 0.29) is 10.7 Å². The Labute approximate surface area is 109 Å². The molecular formula is C12H13BrClNO. The summed E-state index contributed by atoms with van der Waals surface area (Å²) in [5.41, 5.74) is 2.15. The van der Waals surface area contributed by atoms with Gasteiger partial charge in [-0.05, 0) is 30.5 Å². The molecule has 16 heavy (non-hydrogen) atoms. The number of halogens is 2. The maximum atomic E-state index is 11.7. The van der Waals surface area contributed by atoms with Gasteiger partial charge in [-0.25, -0.2) is 0 Å². The summed E-state index contributed by atoms with van der Waals surface area (Å²) in [5.74, 6) is 0.177. The first-order chi connectivity index (χ1) is 7.58. The molecule has 1 fully saturated rings. The van der Waals surface area contributed by atoms with E-state index in [0.717, 1.165) is 29.1 Å². The van der Waals surface area contributed by atoms with Gasteiger partial charge in [-0.3, -0.25) is 4.79 Å². The fourth-order valence-electron chi connectivity index (χ4n) is 1.81. The van der Waals surface area contributed by atoms with E-state index in [2.05, 4.69) is 15.9 Å². The number of nitrogens with zero attached hydrogens (tertiary/aromatic N) is 1. The molecule has 0 bridgehead atoms. The Bertz CT molecular complexity index is 421. The molecule has 0 N–H and O–H groups in total. The number of alkyl halides is 1. The van der Waals surface area contributed by atoms with Crippen LogP contribution in [0.25, 0.3) is 0 Å². The van der Waals surface area contributed by atoms with Gasteiger partial charge in [0.05, 0.1) is 4.83 Å². The molecule has 1 aromatic rings. The number of amides is 1. The first kappa shape index (κ1) is 11.9. The van der Waals surface area contributed by atoms with Crippen molar-refractivity contribution in [2.45, 2.75) is 24.7 Å². The van der Waals surface area contributed by atoms with Gasteiger partial charge in [0.2, 0.25) is 5.91 Å². The predicted molar refractivity (Wildman–Crippen MR) is 68.9 cm³/mol. The zero-order valence-electron chi connectivity index (χ0n) is 9.04. The van der Waals surface area contributed by atoms with Gasteiger partial charge in [-0.15, -0.1) is 0 Å². The van der Waals surface area contributed by atoms with Crippen molar-refractivity contribution in [3.63, 3.8) is 0 Å². The van der Waals surface area contributed by atoms with Crippen LogP contribution >= 0.6 is 27.5 Å². The molecule has 1 aromatic carbocycles. The maximum Gasteiger partial charge on any atom is 0.236 e. The predicted octanol–water partition coefficient (Wildman–Crippen LogP) is 3.14. The zero-order chi connectivity index (χ0) is 11.7. The number of rotatable bonds is 2. The minimum absolute atomic E-state index is 0.00609. The van der Waals surface area contributed by atoms with E-state index in [1.807, 2.05) is 30.0 Å². The Hall–Kier alpha value is -0.540. The molecule has 1 atom stereocenters. The fraction of sp³-hybridized carbons (Fsp3) is 0.417. The SMILES string of the molecule is Cc1ccc(CN2CCC(Br)C2=O)cc1Cl. The first-order valence-electron chi connectivity index (χ1n) is 5.26. The smallest absolute Gasteiger partial charge is 0.236 e. The van der Waals surface area contributed by atoms with Gasteiger partial charge in [-0.1, -0.05) is 39.7 Å². The zero-order valence-corrected chi connectivity index (χ0v) is 11.4. The molecule has 0 aliphatic carbocycles. The second kappa shape index (κ2) is 4.76. The molecular weight excluding hydrogens is 289 g/mol. The Morgan fingerprint density at radius 3 is 2.88 bits per heavy atom. The van der Waals surface area contributed by atoms with Crippen LogP contribution in [0.5, 0.6) is 0 Å². The molecule has 2 nitrogen and oxygen atoms in total. The van der Waals surface area contributed by atoms with E-state index in [1.165, 1.54) is 0 Å². The molecule has 86 valence electrons. The minimum atomic E-state index is -0.00609. The number of carbonyl (C=O) groups excluding carboxylic acids is 1. The molecule has 1 aliphatic rings. The summed E-state index contributed by atoms with van der Waals surface area (Å²) in [5, 5.41) is 0.763. The van der Waals surface area contributed by atoms with Crippen LogP contribution in [0.3, 0.4) is 0 Å². The molecule has 1 heterocycles. The number of hydrogen-bond acceptors (Lipinski definition) is 1. The Kier molecular flexibility index (Phi) is 3.55. The van der Waals surface area contributed by atoms with Crippen molar-refractivity contribution in [2.75, 3.05) is 6.54 Å². The van der Waals surface area contributed by atoms with Gasteiger partial charge in [0.1, 0.15) is 0 Å². The quantitative estimate of drug-likeness (QED) is 0.769. The highest BCUT2D eigenvalue weighted by Crippen LogP contribution is 2.22. The molecule has 0 saturated carbocycles. The van der Waals surface area contributed by atoms with Crippen LogP contribution in [0.15, 0.2) is 18.2 Å². The summed E-state index contributed by atoms with van der Waals surface area (Å²) < 4.78 is 0. The van der Waals surface area contributed by atoms with Crippen LogP contribution in [0.4, 0.5) is 0 Å². The van der Waals surface area contributed by atoms with E-state index in [1.54, 1.807) is 0 Å². The average molecular weight is 303 g/mol. The summed E-state index contributed by atoms with van der Waals surface area (Å²) in [7, 11) is 0. The summed E-state index contributed by atoms with van der Waals surface area (Å²) in [4.78, 5) is 13.6. The molecule has 4 heteroatoms. The number of carbonyl (C=O) groups is 1. The van der Waals surface area contributed by atoms with Gasteiger partial charge >= 0.3 is 0 Å². The lowest BCUT2D eigenvalue weighted by Crippen LogP contribution is -2.26. The lowest BCUT2D eigenvalue weighted by Gasteiger charge is -2.16. The van der Waals surface area contributed by atoms with Crippen LogP contribution in [0.1, 0.15) is 17.5 Å². The van der Waals surface area contributed by atoms with E-state index in [0.29, 0.717) is 6.54 Å². The van der Waals surface area contributed by atoms with Gasteiger partial charge in [0.15, 0.2) is 0 Å². The third-order valence-electron chi connectivity index (χ3n) is 2.84. The largest absolute Gasteiger partial charge is 0.337 e. The fourth-order valence-corrected chi connectivity index (χ4v) is 2.51. The molecule has 1 unspecified atom stereocenters. The second-order valence-electron chi connectivity index (χ2n) is 4.10. The van der Waals surface area contributed by atoms with E-state index < -0.39 is 0 Å². The van der Waals surface area contributed by atoms with E-state index in [9.17, 15) is 4.79 Å². The summed E-state index contributed by atoms with van der Waals surface area (Å²) in [6.45, 7) is 3.45. The van der Waals surface area contributed by atoms with Crippen LogP contribution in [0, 0.1) is 6.92 Å². The number of aryl methyl sites for hydroxylation is 1. The summed E-state index contributed by atoms with van der Waals surface area (Å²) in [6.07, 6.45) is 0.887. The van der Waals surface area contributed by atoms with Crippen molar-refractivity contribution in [1.29, 1.82) is 0 Å². The standard InChI is InChI=1S/C12H13BrClNO/c1-8-2-3-9(6-11(8)14)7-15-5-4-10(13)12(15)16/h2-3,6,10H,4-5,7H2,1H3. The molecule has 1 aliphatic heterocycles. The van der Waals surface area contributed by atoms with Crippen LogP contribution in [0.2, 0.25) is 5.02 Å². The van der Waals surface area contributed by atoms with Crippen molar-refractivity contribution in [1.82, 2.24) is 4.90 Å². The van der Waals surface area contributed by atoms with Crippen molar-refractivity contribution < 1.29 is 4.79 Å². The minimum Gasteiger partial charge on any atom is -0.337 e. The first-order valence-corrected chi connectivity index (χ1v) is 6.55. The van der Waals surface area contributed by atoms with E-state index in [4.69, 9.17) is 11.6 Å². The monoisotopic (exact) mass is 301 g/mol. The Balaban J connectivity index is 2.10. The van der Waals surface area contributed by atoms with Gasteiger partial charge < -0.3 is 4.90 Å². The normalized spacial score (nSPS) is 20.6. The van der Waals surface area contributed by atoms with Crippen LogP contribution < -0.4 is 0 Å². The van der Waals surface area contributed by atoms with E-state index >= 15 is 0 Å². The van der Waals surface area contributed by atoms with Crippen LogP contribution in [-0.2, 0) is 11.3 Å². The highest BCUT2D eigenvalue weighted by molar-refractivity contribution is 9.10. The molecule has 0 aromatic heterocycles. The topological polar surface area (TPSA) is 20.3 Å². The summed E-state index contributed by atoms with van der Waals surface area (Å²) >= 11 is 9.42. The highest BCUT2D eigenvalue weighted by Gasteiger charge is 2.29. The lowest BCUT2D eigenvalue weighted by atomic mass is 10.1. The van der Waals surface area contributed by atoms with Crippen molar-refractivity contribution >= 4 is 33.4 Å². The van der Waals surface area contributed by atoms with Crippen molar-refractivity contribution in [3.8, 4) is 0 Å². The molecule has 1 saturated heterocycles.